The molecule has 2 unspecified atom stereocenters. The Morgan fingerprint density at radius 3 is 2.69 bits per heavy atom. The van der Waals surface area contributed by atoms with Crippen LogP contribution in [0.1, 0.15) is 55.6 Å². The van der Waals surface area contributed by atoms with Gasteiger partial charge >= 0.3 is 0 Å². The average molecular weight is 236 g/mol. The summed E-state index contributed by atoms with van der Waals surface area (Å²) in [5.41, 5.74) is 2.29. The van der Waals surface area contributed by atoms with Gasteiger partial charge in [-0.2, -0.15) is 0 Å². The zero-order valence-corrected chi connectivity index (χ0v) is 11.2. The number of aromatic amines is 1. The third-order valence-corrected chi connectivity index (χ3v) is 4.32. The molecular formula is C13H20N2S. The number of aryl methyl sites for hydroxylation is 1. The predicted molar refractivity (Wildman–Crippen MR) is 69.3 cm³/mol. The minimum absolute atomic E-state index is 0.603. The first-order valence-corrected chi connectivity index (χ1v) is 6.60. The Morgan fingerprint density at radius 1 is 1.38 bits per heavy atom. The Morgan fingerprint density at radius 2 is 2.12 bits per heavy atom. The second kappa shape index (κ2) is 4.66. The molecule has 16 heavy (non-hydrogen) atoms. The molecule has 1 aromatic rings. The van der Waals surface area contributed by atoms with Gasteiger partial charge in [-0.3, -0.25) is 0 Å². The SMILES string of the molecule is CCC1CCC(c2nc(=S)c(C)c(C)[nH]2)C1. The Hall–Kier alpha value is -0.700. The maximum Gasteiger partial charge on any atom is 0.132 e. The summed E-state index contributed by atoms with van der Waals surface area (Å²) < 4.78 is 0.770. The highest BCUT2D eigenvalue weighted by Crippen LogP contribution is 2.38. The van der Waals surface area contributed by atoms with Gasteiger partial charge in [0.2, 0.25) is 0 Å². The third kappa shape index (κ3) is 2.19. The summed E-state index contributed by atoms with van der Waals surface area (Å²) in [5, 5.41) is 0. The molecule has 0 aliphatic heterocycles. The maximum absolute atomic E-state index is 5.29. The minimum Gasteiger partial charge on any atom is -0.347 e. The van der Waals surface area contributed by atoms with Crippen LogP contribution < -0.4 is 0 Å². The lowest BCUT2D eigenvalue weighted by molar-refractivity contribution is 0.516. The van der Waals surface area contributed by atoms with E-state index in [4.69, 9.17) is 12.2 Å². The molecule has 1 fully saturated rings. The molecule has 2 rings (SSSR count). The van der Waals surface area contributed by atoms with Gasteiger partial charge in [-0.25, -0.2) is 4.98 Å². The van der Waals surface area contributed by atoms with Crippen LogP contribution in [0.5, 0.6) is 0 Å². The van der Waals surface area contributed by atoms with Crippen molar-refractivity contribution >= 4 is 12.2 Å². The summed E-state index contributed by atoms with van der Waals surface area (Å²) in [5.74, 6) is 2.60. The van der Waals surface area contributed by atoms with Gasteiger partial charge in [0.15, 0.2) is 0 Å². The molecule has 1 aliphatic carbocycles. The number of hydrogen-bond donors (Lipinski definition) is 1. The first kappa shape index (κ1) is 11.8. The molecule has 1 N–H and O–H groups in total. The van der Waals surface area contributed by atoms with E-state index in [1.807, 2.05) is 6.92 Å². The second-order valence-electron chi connectivity index (χ2n) is 4.96. The molecule has 0 bridgehead atoms. The number of hydrogen-bond acceptors (Lipinski definition) is 2. The monoisotopic (exact) mass is 236 g/mol. The number of nitrogens with one attached hydrogen (secondary N) is 1. The van der Waals surface area contributed by atoms with Crippen molar-refractivity contribution in [1.29, 1.82) is 0 Å². The highest BCUT2D eigenvalue weighted by Gasteiger charge is 2.26. The molecule has 1 saturated carbocycles. The van der Waals surface area contributed by atoms with Gasteiger partial charge in [0.1, 0.15) is 10.5 Å². The van der Waals surface area contributed by atoms with Gasteiger partial charge in [-0.1, -0.05) is 25.6 Å². The summed E-state index contributed by atoms with van der Waals surface area (Å²) >= 11 is 5.29. The van der Waals surface area contributed by atoms with Crippen molar-refractivity contribution in [3.8, 4) is 0 Å². The number of aromatic nitrogens is 2. The minimum atomic E-state index is 0.603. The first-order valence-electron chi connectivity index (χ1n) is 6.19. The van der Waals surface area contributed by atoms with E-state index in [0.717, 1.165) is 21.9 Å². The van der Waals surface area contributed by atoms with Crippen molar-refractivity contribution in [3.63, 3.8) is 0 Å². The normalized spacial score (nSPS) is 24.9. The third-order valence-electron chi connectivity index (χ3n) is 3.93. The molecule has 3 heteroatoms. The molecule has 0 spiro atoms. The van der Waals surface area contributed by atoms with E-state index in [1.165, 1.54) is 31.4 Å². The van der Waals surface area contributed by atoms with E-state index >= 15 is 0 Å². The fourth-order valence-electron chi connectivity index (χ4n) is 2.55. The first-order chi connectivity index (χ1) is 7.61. The molecule has 2 nitrogen and oxygen atoms in total. The van der Waals surface area contributed by atoms with Crippen LogP contribution in [0.15, 0.2) is 0 Å². The molecule has 0 amide bonds. The summed E-state index contributed by atoms with van der Waals surface area (Å²) in [6, 6.07) is 0. The number of H-pyrrole nitrogens is 1. The van der Waals surface area contributed by atoms with E-state index in [9.17, 15) is 0 Å². The van der Waals surface area contributed by atoms with Crippen LogP contribution in [0, 0.1) is 24.4 Å². The van der Waals surface area contributed by atoms with Gasteiger partial charge < -0.3 is 4.98 Å². The second-order valence-corrected chi connectivity index (χ2v) is 5.35. The lowest BCUT2D eigenvalue weighted by Crippen LogP contribution is -2.05. The smallest absolute Gasteiger partial charge is 0.132 e. The number of rotatable bonds is 2. The molecular weight excluding hydrogens is 216 g/mol. The molecule has 0 saturated heterocycles. The Kier molecular flexibility index (Phi) is 3.43. The molecule has 1 aliphatic rings. The quantitative estimate of drug-likeness (QED) is 0.785. The average Bonchev–Trinajstić information content (AvgIpc) is 2.73. The van der Waals surface area contributed by atoms with Gasteiger partial charge in [0, 0.05) is 17.2 Å². The highest BCUT2D eigenvalue weighted by atomic mass is 32.1. The van der Waals surface area contributed by atoms with E-state index in [0.29, 0.717) is 5.92 Å². The molecule has 88 valence electrons. The van der Waals surface area contributed by atoms with Crippen molar-refractivity contribution in [2.75, 3.05) is 0 Å². The Balaban J connectivity index is 2.26. The fourth-order valence-corrected chi connectivity index (χ4v) is 2.81. The summed E-state index contributed by atoms with van der Waals surface area (Å²) in [6.07, 6.45) is 5.18. The molecule has 1 heterocycles. The van der Waals surface area contributed by atoms with Crippen LogP contribution >= 0.6 is 12.2 Å². The summed E-state index contributed by atoms with van der Waals surface area (Å²) in [6.45, 7) is 6.40. The topological polar surface area (TPSA) is 28.7 Å². The van der Waals surface area contributed by atoms with Gasteiger partial charge in [-0.15, -0.1) is 0 Å². The van der Waals surface area contributed by atoms with Crippen molar-refractivity contribution in [3.05, 3.63) is 21.7 Å². The fraction of sp³-hybridized carbons (Fsp3) is 0.692. The lowest BCUT2D eigenvalue weighted by Gasteiger charge is -2.12. The Labute approximate surface area is 103 Å². The highest BCUT2D eigenvalue weighted by molar-refractivity contribution is 7.71. The zero-order chi connectivity index (χ0) is 11.7. The standard InChI is InChI=1S/C13H20N2S/c1-4-10-5-6-11(7-10)12-14-9(3)8(2)13(16)15-12/h10-11H,4-7H2,1-3H3,(H,14,15,16). The van der Waals surface area contributed by atoms with Crippen molar-refractivity contribution in [2.24, 2.45) is 5.92 Å². The van der Waals surface area contributed by atoms with Crippen molar-refractivity contribution in [1.82, 2.24) is 9.97 Å². The largest absolute Gasteiger partial charge is 0.347 e. The van der Waals surface area contributed by atoms with Gasteiger partial charge in [0.05, 0.1) is 0 Å². The van der Waals surface area contributed by atoms with Crippen molar-refractivity contribution in [2.45, 2.75) is 52.4 Å². The van der Waals surface area contributed by atoms with E-state index < -0.39 is 0 Å². The van der Waals surface area contributed by atoms with Crippen LogP contribution in [-0.2, 0) is 0 Å². The van der Waals surface area contributed by atoms with Gasteiger partial charge in [-0.05, 0) is 39.0 Å². The van der Waals surface area contributed by atoms with Crippen LogP contribution in [-0.4, -0.2) is 9.97 Å². The van der Waals surface area contributed by atoms with Crippen LogP contribution in [0.4, 0.5) is 0 Å². The summed E-state index contributed by atoms with van der Waals surface area (Å²) in [7, 11) is 0. The lowest BCUT2D eigenvalue weighted by atomic mass is 10.0. The van der Waals surface area contributed by atoms with Gasteiger partial charge in [0.25, 0.3) is 0 Å². The Bertz CT molecular complexity index is 436. The van der Waals surface area contributed by atoms with Crippen LogP contribution in [0.25, 0.3) is 0 Å². The zero-order valence-electron chi connectivity index (χ0n) is 10.3. The van der Waals surface area contributed by atoms with E-state index in [-0.39, 0.29) is 0 Å². The summed E-state index contributed by atoms with van der Waals surface area (Å²) in [4.78, 5) is 7.97. The van der Waals surface area contributed by atoms with Crippen molar-refractivity contribution < 1.29 is 0 Å². The maximum atomic E-state index is 5.29. The molecule has 2 atom stereocenters. The van der Waals surface area contributed by atoms with E-state index in [2.05, 4.69) is 23.8 Å². The molecule has 0 radical (unpaired) electrons. The van der Waals surface area contributed by atoms with E-state index in [1.54, 1.807) is 0 Å². The predicted octanol–water partition coefficient (Wildman–Crippen LogP) is 4.05. The van der Waals surface area contributed by atoms with Crippen LogP contribution in [0.3, 0.4) is 0 Å². The number of nitrogens with zero attached hydrogens (tertiary/aromatic N) is 1. The van der Waals surface area contributed by atoms with Crippen LogP contribution in [0.2, 0.25) is 0 Å². The molecule has 0 aromatic carbocycles. The molecule has 1 aromatic heterocycles.